The lowest BCUT2D eigenvalue weighted by atomic mass is 9.92. The molecule has 1 heteroatoms. The number of benzene rings is 13. The lowest BCUT2D eigenvalue weighted by Gasteiger charge is -2.27. The van der Waals surface area contributed by atoms with Crippen molar-refractivity contribution in [2.24, 2.45) is 0 Å². The third-order valence-corrected chi connectivity index (χ3v) is 13.2. The van der Waals surface area contributed by atoms with Gasteiger partial charge in [0.2, 0.25) is 0 Å². The van der Waals surface area contributed by atoms with Crippen molar-refractivity contribution in [3.05, 3.63) is 224 Å². The first-order chi connectivity index (χ1) is 30.3. The molecule has 0 unspecified atom stereocenters. The van der Waals surface area contributed by atoms with Crippen molar-refractivity contribution in [1.29, 1.82) is 0 Å². The van der Waals surface area contributed by atoms with Gasteiger partial charge in [0.15, 0.2) is 0 Å². The van der Waals surface area contributed by atoms with Crippen molar-refractivity contribution in [2.45, 2.75) is 0 Å². The second-order valence-corrected chi connectivity index (χ2v) is 16.4. The minimum Gasteiger partial charge on any atom is -0.310 e. The molecule has 282 valence electrons. The molecule has 0 saturated carbocycles. The van der Waals surface area contributed by atoms with Gasteiger partial charge in [-0.05, 0) is 151 Å². The fraction of sp³-hybridized carbons (Fsp3) is 0. The lowest BCUT2D eigenvalue weighted by molar-refractivity contribution is 1.30. The molecule has 0 spiro atoms. The van der Waals surface area contributed by atoms with Crippen LogP contribution in [0.25, 0.3) is 108 Å². The van der Waals surface area contributed by atoms with E-state index >= 15 is 0 Å². The van der Waals surface area contributed by atoms with Crippen LogP contribution in [0.3, 0.4) is 0 Å². The summed E-state index contributed by atoms with van der Waals surface area (Å²) in [6, 6.07) is 83.2. The molecular weight excluding hydrogens is 735 g/mol. The van der Waals surface area contributed by atoms with E-state index in [0.29, 0.717) is 0 Å². The number of fused-ring (bicyclic) bond motifs is 18. The molecule has 61 heavy (non-hydrogen) atoms. The second kappa shape index (κ2) is 13.3. The smallest absolute Gasteiger partial charge is 0.0468 e. The predicted octanol–water partition coefficient (Wildman–Crippen LogP) is 17.2. The number of rotatable bonds is 4. The Hall–Kier alpha value is -8.00. The molecule has 0 aliphatic rings. The molecule has 0 N–H and O–H groups in total. The van der Waals surface area contributed by atoms with E-state index in [4.69, 9.17) is 0 Å². The Balaban J connectivity index is 1.02. The first kappa shape index (κ1) is 33.9. The third-order valence-electron chi connectivity index (χ3n) is 13.2. The standard InChI is InChI=1S/C60H37N/c1-4-19-49-43(13-1)46-16-7-10-22-52(46)58-35-39(27-32-55(49)58)38-25-28-40(29-26-38)61(41-30-33-56-50-20-5-2-14-44(50)47-17-8-11-23-53(47)59(56)36-41)42-31-34-57-51-21-6-3-15-45(51)48-18-9-12-24-54(48)60(57)37-42/h1-37H. The molecule has 0 atom stereocenters. The van der Waals surface area contributed by atoms with Crippen LogP contribution < -0.4 is 4.90 Å². The molecule has 13 aromatic rings. The van der Waals surface area contributed by atoms with Gasteiger partial charge in [0.05, 0.1) is 0 Å². The van der Waals surface area contributed by atoms with Crippen LogP contribution in [0, 0.1) is 0 Å². The fourth-order valence-electron chi connectivity index (χ4n) is 10.4. The molecule has 0 aliphatic heterocycles. The van der Waals surface area contributed by atoms with Crippen molar-refractivity contribution in [3.8, 4) is 11.1 Å². The highest BCUT2D eigenvalue weighted by atomic mass is 15.1. The first-order valence-corrected chi connectivity index (χ1v) is 21.2. The van der Waals surface area contributed by atoms with Crippen LogP contribution in [0.15, 0.2) is 224 Å². The van der Waals surface area contributed by atoms with E-state index in [2.05, 4.69) is 229 Å². The van der Waals surface area contributed by atoms with E-state index < -0.39 is 0 Å². The van der Waals surface area contributed by atoms with E-state index in [9.17, 15) is 0 Å². The number of nitrogens with zero attached hydrogens (tertiary/aromatic N) is 1. The number of anilines is 3. The summed E-state index contributed by atoms with van der Waals surface area (Å²) in [7, 11) is 0. The average molecular weight is 772 g/mol. The summed E-state index contributed by atoms with van der Waals surface area (Å²) in [5, 5.41) is 23.0. The van der Waals surface area contributed by atoms with E-state index in [0.717, 1.165) is 17.1 Å². The summed E-state index contributed by atoms with van der Waals surface area (Å²) < 4.78 is 0. The quantitative estimate of drug-likeness (QED) is 0.161. The van der Waals surface area contributed by atoms with Crippen LogP contribution in [0.1, 0.15) is 0 Å². The SMILES string of the molecule is c1ccc2c(c1)c1ccccc1c1cc(-c3ccc(N(c4ccc5c6ccccc6c6ccccc6c5c4)c4ccc5c6ccccc6c6ccccc6c5c4)cc3)ccc21. The summed E-state index contributed by atoms with van der Waals surface area (Å²) in [4.78, 5) is 2.44. The normalized spacial score (nSPS) is 11.9. The largest absolute Gasteiger partial charge is 0.310 e. The molecule has 0 radical (unpaired) electrons. The highest BCUT2D eigenvalue weighted by Crippen LogP contribution is 2.44. The highest BCUT2D eigenvalue weighted by molar-refractivity contribution is 6.28. The molecular formula is C60H37N. The van der Waals surface area contributed by atoms with Gasteiger partial charge in [-0.15, -0.1) is 0 Å². The summed E-state index contributed by atoms with van der Waals surface area (Å²) in [6.07, 6.45) is 0. The van der Waals surface area contributed by atoms with Gasteiger partial charge in [0.1, 0.15) is 0 Å². The predicted molar refractivity (Wildman–Crippen MR) is 264 cm³/mol. The minimum absolute atomic E-state index is 1.11. The van der Waals surface area contributed by atoms with Gasteiger partial charge in [-0.25, -0.2) is 0 Å². The maximum Gasteiger partial charge on any atom is 0.0468 e. The van der Waals surface area contributed by atoms with Crippen LogP contribution in [0.5, 0.6) is 0 Å². The highest BCUT2D eigenvalue weighted by Gasteiger charge is 2.18. The minimum atomic E-state index is 1.11. The number of hydrogen-bond acceptors (Lipinski definition) is 1. The molecule has 0 aromatic heterocycles. The van der Waals surface area contributed by atoms with Gasteiger partial charge < -0.3 is 4.90 Å². The maximum atomic E-state index is 2.44. The molecule has 0 aliphatic carbocycles. The summed E-state index contributed by atoms with van der Waals surface area (Å²) in [5.74, 6) is 0. The van der Waals surface area contributed by atoms with E-state index in [1.807, 2.05) is 0 Å². The summed E-state index contributed by atoms with van der Waals surface area (Å²) in [6.45, 7) is 0. The summed E-state index contributed by atoms with van der Waals surface area (Å²) >= 11 is 0. The zero-order valence-corrected chi connectivity index (χ0v) is 33.3. The Morgan fingerprint density at radius 3 is 0.721 bits per heavy atom. The topological polar surface area (TPSA) is 3.24 Å². The van der Waals surface area contributed by atoms with Crippen LogP contribution in [-0.2, 0) is 0 Å². The molecule has 0 amide bonds. The Morgan fingerprint density at radius 1 is 0.164 bits per heavy atom. The van der Waals surface area contributed by atoms with Crippen LogP contribution >= 0.6 is 0 Å². The Kier molecular flexibility index (Phi) is 7.37. The van der Waals surface area contributed by atoms with Gasteiger partial charge in [-0.3, -0.25) is 0 Å². The Bertz CT molecular complexity index is 3670. The van der Waals surface area contributed by atoms with Crippen molar-refractivity contribution >= 4 is 114 Å². The van der Waals surface area contributed by atoms with E-state index in [-0.39, 0.29) is 0 Å². The van der Waals surface area contributed by atoms with Crippen LogP contribution in [-0.4, -0.2) is 0 Å². The van der Waals surface area contributed by atoms with Crippen molar-refractivity contribution in [1.82, 2.24) is 0 Å². The monoisotopic (exact) mass is 771 g/mol. The molecule has 0 saturated heterocycles. The van der Waals surface area contributed by atoms with E-state index in [1.54, 1.807) is 0 Å². The Labute approximate surface area is 352 Å². The van der Waals surface area contributed by atoms with Crippen LogP contribution in [0.2, 0.25) is 0 Å². The van der Waals surface area contributed by atoms with Crippen molar-refractivity contribution < 1.29 is 0 Å². The van der Waals surface area contributed by atoms with Gasteiger partial charge in [-0.1, -0.05) is 182 Å². The zero-order valence-electron chi connectivity index (χ0n) is 33.3. The molecule has 0 fully saturated rings. The van der Waals surface area contributed by atoms with Gasteiger partial charge in [-0.2, -0.15) is 0 Å². The average Bonchev–Trinajstić information content (AvgIpc) is 3.34. The van der Waals surface area contributed by atoms with Crippen LogP contribution in [0.4, 0.5) is 17.1 Å². The maximum absolute atomic E-state index is 2.44. The molecule has 1 nitrogen and oxygen atoms in total. The third kappa shape index (κ3) is 5.14. The molecule has 0 heterocycles. The summed E-state index contributed by atoms with van der Waals surface area (Å²) in [5.41, 5.74) is 5.74. The first-order valence-electron chi connectivity index (χ1n) is 21.2. The lowest BCUT2D eigenvalue weighted by Crippen LogP contribution is -2.10. The fourth-order valence-corrected chi connectivity index (χ4v) is 10.4. The van der Waals surface area contributed by atoms with Crippen molar-refractivity contribution in [3.63, 3.8) is 0 Å². The number of hydrogen-bond donors (Lipinski definition) is 0. The second-order valence-electron chi connectivity index (χ2n) is 16.4. The molecule has 13 rings (SSSR count). The van der Waals surface area contributed by atoms with E-state index in [1.165, 1.54) is 108 Å². The Morgan fingerprint density at radius 2 is 0.393 bits per heavy atom. The van der Waals surface area contributed by atoms with Gasteiger partial charge in [0, 0.05) is 17.1 Å². The van der Waals surface area contributed by atoms with Gasteiger partial charge >= 0.3 is 0 Å². The van der Waals surface area contributed by atoms with Crippen molar-refractivity contribution in [2.75, 3.05) is 4.90 Å². The molecule has 0 bridgehead atoms. The molecule has 13 aromatic carbocycles. The van der Waals surface area contributed by atoms with Gasteiger partial charge in [0.25, 0.3) is 0 Å². The zero-order chi connectivity index (χ0) is 40.0.